The Balaban J connectivity index is 3.34. The van der Waals surface area contributed by atoms with Crippen LogP contribution in [0.15, 0.2) is 18.2 Å². The molecule has 0 bridgehead atoms. The summed E-state index contributed by atoms with van der Waals surface area (Å²) in [4.78, 5) is 10.5. The van der Waals surface area contributed by atoms with Crippen LogP contribution < -0.4 is 5.73 Å². The van der Waals surface area contributed by atoms with Crippen LogP contribution in [0.4, 0.5) is 14.5 Å². The maximum absolute atomic E-state index is 12.2. The summed E-state index contributed by atoms with van der Waals surface area (Å²) in [6.07, 6.45) is -2.82. The molecule has 0 atom stereocenters. The van der Waals surface area contributed by atoms with E-state index in [9.17, 15) is 13.6 Å². The molecule has 5 heteroatoms. The Bertz CT molecular complexity index is 339. The minimum atomic E-state index is -2.82. The van der Waals surface area contributed by atoms with Gasteiger partial charge in [-0.2, -0.15) is 0 Å². The molecule has 13 heavy (non-hydrogen) atoms. The summed E-state index contributed by atoms with van der Waals surface area (Å²) in [6.45, 7) is 0. The summed E-state index contributed by atoms with van der Waals surface area (Å²) in [5.41, 5.74) is 4.03. The molecule has 1 aromatic carbocycles. The van der Waals surface area contributed by atoms with Crippen LogP contribution in [-0.4, -0.2) is 11.1 Å². The van der Waals surface area contributed by atoms with Crippen LogP contribution in [0.5, 0.6) is 0 Å². The largest absolute Gasteiger partial charge is 0.478 e. The zero-order valence-corrected chi connectivity index (χ0v) is 6.50. The number of aromatic carboxylic acids is 1. The molecule has 0 saturated heterocycles. The summed E-state index contributed by atoms with van der Waals surface area (Å²) < 4.78 is 24.5. The van der Waals surface area contributed by atoms with E-state index in [4.69, 9.17) is 10.8 Å². The second kappa shape index (κ2) is 3.38. The summed E-state index contributed by atoms with van der Waals surface area (Å²) in [5.74, 6) is -1.44. The van der Waals surface area contributed by atoms with Crippen LogP contribution in [0, 0.1) is 0 Å². The molecular formula is C8H7F2NO2. The number of carboxylic acids is 1. The first-order chi connectivity index (χ1) is 6.04. The molecule has 3 N–H and O–H groups in total. The van der Waals surface area contributed by atoms with Crippen molar-refractivity contribution in [1.82, 2.24) is 0 Å². The molecule has 0 heterocycles. The molecular weight excluding hydrogens is 180 g/mol. The molecule has 70 valence electrons. The van der Waals surface area contributed by atoms with E-state index >= 15 is 0 Å². The third-order valence-electron chi connectivity index (χ3n) is 1.58. The topological polar surface area (TPSA) is 63.3 Å². The van der Waals surface area contributed by atoms with Crippen LogP contribution in [0.3, 0.4) is 0 Å². The third kappa shape index (κ3) is 1.74. The number of nitrogen functional groups attached to an aromatic ring is 1. The first kappa shape index (κ1) is 9.44. The minimum Gasteiger partial charge on any atom is -0.478 e. The maximum Gasteiger partial charge on any atom is 0.338 e. The lowest BCUT2D eigenvalue weighted by Crippen LogP contribution is -2.07. The van der Waals surface area contributed by atoms with Crippen LogP contribution in [-0.2, 0) is 0 Å². The Morgan fingerprint density at radius 2 is 2.08 bits per heavy atom. The van der Waals surface area contributed by atoms with E-state index < -0.39 is 23.5 Å². The van der Waals surface area contributed by atoms with Gasteiger partial charge in [-0.05, 0) is 6.07 Å². The van der Waals surface area contributed by atoms with Gasteiger partial charge >= 0.3 is 5.97 Å². The highest BCUT2D eigenvalue weighted by Crippen LogP contribution is 2.26. The number of alkyl halides is 2. The molecule has 0 saturated carbocycles. The number of nitrogens with two attached hydrogens (primary N) is 1. The quantitative estimate of drug-likeness (QED) is 0.695. The second-order valence-corrected chi connectivity index (χ2v) is 2.42. The van der Waals surface area contributed by atoms with Crippen LogP contribution in [0.1, 0.15) is 22.3 Å². The Hall–Kier alpha value is -1.65. The highest BCUT2D eigenvalue weighted by atomic mass is 19.3. The lowest BCUT2D eigenvalue weighted by Gasteiger charge is -2.06. The van der Waals surface area contributed by atoms with Crippen molar-refractivity contribution in [2.75, 3.05) is 5.73 Å². The number of hydrogen-bond donors (Lipinski definition) is 2. The van der Waals surface area contributed by atoms with Crippen molar-refractivity contribution >= 4 is 11.7 Å². The number of benzene rings is 1. The Morgan fingerprint density at radius 1 is 1.46 bits per heavy atom. The van der Waals surface area contributed by atoms with Crippen LogP contribution >= 0.6 is 0 Å². The van der Waals surface area contributed by atoms with Gasteiger partial charge in [0.1, 0.15) is 0 Å². The van der Waals surface area contributed by atoms with Crippen molar-refractivity contribution in [3.8, 4) is 0 Å². The standard InChI is InChI=1S/C8H7F2NO2/c9-7(10)4-2-1-3-5(11)6(4)8(12)13/h1-3,7H,11H2,(H,12,13). The molecule has 0 radical (unpaired) electrons. The fourth-order valence-corrected chi connectivity index (χ4v) is 1.02. The van der Waals surface area contributed by atoms with Crippen molar-refractivity contribution in [2.24, 2.45) is 0 Å². The first-order valence-electron chi connectivity index (χ1n) is 3.44. The Kier molecular flexibility index (Phi) is 2.46. The smallest absolute Gasteiger partial charge is 0.338 e. The van der Waals surface area contributed by atoms with E-state index in [1.54, 1.807) is 0 Å². The van der Waals surface area contributed by atoms with Crippen molar-refractivity contribution < 1.29 is 18.7 Å². The second-order valence-electron chi connectivity index (χ2n) is 2.42. The molecule has 3 nitrogen and oxygen atoms in total. The monoisotopic (exact) mass is 187 g/mol. The third-order valence-corrected chi connectivity index (χ3v) is 1.58. The van der Waals surface area contributed by atoms with Gasteiger partial charge in [-0.25, -0.2) is 13.6 Å². The van der Waals surface area contributed by atoms with Crippen molar-refractivity contribution in [3.05, 3.63) is 29.3 Å². The summed E-state index contributed by atoms with van der Waals surface area (Å²) >= 11 is 0. The molecule has 0 unspecified atom stereocenters. The fourth-order valence-electron chi connectivity index (χ4n) is 1.02. The molecule has 0 aliphatic heterocycles. The van der Waals surface area contributed by atoms with Gasteiger partial charge in [0.15, 0.2) is 0 Å². The van der Waals surface area contributed by atoms with Crippen LogP contribution in [0.2, 0.25) is 0 Å². The fraction of sp³-hybridized carbons (Fsp3) is 0.125. The molecule has 1 rings (SSSR count). The molecule has 0 aromatic heterocycles. The predicted octanol–water partition coefficient (Wildman–Crippen LogP) is 1.90. The van der Waals surface area contributed by atoms with Gasteiger partial charge < -0.3 is 10.8 Å². The van der Waals surface area contributed by atoms with Crippen molar-refractivity contribution in [1.29, 1.82) is 0 Å². The van der Waals surface area contributed by atoms with Gasteiger partial charge in [-0.1, -0.05) is 12.1 Å². The van der Waals surface area contributed by atoms with E-state index in [1.165, 1.54) is 12.1 Å². The summed E-state index contributed by atoms with van der Waals surface area (Å²) in [5, 5.41) is 8.58. The van der Waals surface area contributed by atoms with Gasteiger partial charge in [0.25, 0.3) is 6.43 Å². The lowest BCUT2D eigenvalue weighted by molar-refractivity contribution is 0.0686. The Labute approximate surface area is 72.8 Å². The van der Waals surface area contributed by atoms with Crippen molar-refractivity contribution in [2.45, 2.75) is 6.43 Å². The summed E-state index contributed by atoms with van der Waals surface area (Å²) in [6, 6.07) is 3.61. The number of rotatable bonds is 2. The van der Waals surface area contributed by atoms with Crippen LogP contribution in [0.25, 0.3) is 0 Å². The Morgan fingerprint density at radius 3 is 2.46 bits per heavy atom. The molecule has 0 fully saturated rings. The van der Waals surface area contributed by atoms with E-state index in [-0.39, 0.29) is 5.69 Å². The highest BCUT2D eigenvalue weighted by molar-refractivity contribution is 5.95. The van der Waals surface area contributed by atoms with E-state index in [2.05, 4.69) is 0 Å². The number of hydrogen-bond acceptors (Lipinski definition) is 2. The number of carbonyl (C=O) groups is 1. The molecule has 0 amide bonds. The number of carboxylic acid groups (broad SMARTS) is 1. The van der Waals surface area contributed by atoms with Gasteiger partial charge in [-0.15, -0.1) is 0 Å². The maximum atomic E-state index is 12.2. The average molecular weight is 187 g/mol. The zero-order chi connectivity index (χ0) is 10.0. The predicted molar refractivity (Wildman–Crippen MR) is 42.8 cm³/mol. The molecule has 0 spiro atoms. The minimum absolute atomic E-state index is 0.148. The van der Waals surface area contributed by atoms with E-state index in [1.807, 2.05) is 0 Å². The summed E-state index contributed by atoms with van der Waals surface area (Å²) in [7, 11) is 0. The molecule has 0 aliphatic carbocycles. The van der Waals surface area contributed by atoms with Gasteiger partial charge in [0.2, 0.25) is 0 Å². The van der Waals surface area contributed by atoms with E-state index in [0.717, 1.165) is 6.07 Å². The molecule has 1 aromatic rings. The van der Waals surface area contributed by atoms with Gasteiger partial charge in [-0.3, -0.25) is 0 Å². The average Bonchev–Trinajstić information content (AvgIpc) is 2.02. The number of halogens is 2. The van der Waals surface area contributed by atoms with Crippen molar-refractivity contribution in [3.63, 3.8) is 0 Å². The first-order valence-corrected chi connectivity index (χ1v) is 3.44. The van der Waals surface area contributed by atoms with Gasteiger partial charge in [0, 0.05) is 11.3 Å². The lowest BCUT2D eigenvalue weighted by atomic mass is 10.1. The normalized spacial score (nSPS) is 10.4. The zero-order valence-electron chi connectivity index (χ0n) is 6.50. The van der Waals surface area contributed by atoms with E-state index in [0.29, 0.717) is 0 Å². The SMILES string of the molecule is Nc1cccc(C(F)F)c1C(=O)O. The highest BCUT2D eigenvalue weighted by Gasteiger charge is 2.19. The number of anilines is 1. The van der Waals surface area contributed by atoms with Gasteiger partial charge in [0.05, 0.1) is 5.56 Å². The molecule has 0 aliphatic rings.